The molecule has 0 bridgehead atoms. The van der Waals surface area contributed by atoms with Crippen molar-refractivity contribution in [3.8, 4) is 0 Å². The molecule has 0 aliphatic rings. The first-order valence-corrected chi connectivity index (χ1v) is 8.35. The van der Waals surface area contributed by atoms with E-state index in [2.05, 4.69) is 17.6 Å². The molecule has 0 aliphatic carbocycles. The summed E-state index contributed by atoms with van der Waals surface area (Å²) in [6.07, 6.45) is 0.922. The molecule has 0 spiro atoms. The van der Waals surface area contributed by atoms with Crippen molar-refractivity contribution in [2.24, 2.45) is 0 Å². The summed E-state index contributed by atoms with van der Waals surface area (Å²) in [5.74, 6) is -0.546. The van der Waals surface area contributed by atoms with Crippen molar-refractivity contribution < 1.29 is 14.3 Å². The largest absolute Gasteiger partial charge is 0.462 e. The van der Waals surface area contributed by atoms with E-state index in [9.17, 15) is 9.59 Å². The van der Waals surface area contributed by atoms with Crippen molar-refractivity contribution >= 4 is 28.2 Å². The molecular formula is C16H26N2O3S. The van der Waals surface area contributed by atoms with Gasteiger partial charge in [0, 0.05) is 10.4 Å². The Kier molecular flexibility index (Phi) is 6.56. The van der Waals surface area contributed by atoms with Crippen LogP contribution in [0.5, 0.6) is 0 Å². The monoisotopic (exact) mass is 326 g/mol. The smallest absolute Gasteiger partial charge is 0.341 e. The first kappa shape index (κ1) is 18.6. The number of esters is 1. The molecule has 1 aromatic heterocycles. The summed E-state index contributed by atoms with van der Waals surface area (Å²) in [5.41, 5.74) is 1.23. The molecule has 0 atom stereocenters. The Morgan fingerprint density at radius 2 is 1.86 bits per heavy atom. The van der Waals surface area contributed by atoms with Crippen molar-refractivity contribution in [2.75, 3.05) is 18.5 Å². The Morgan fingerprint density at radius 3 is 2.41 bits per heavy atom. The number of carbonyl (C=O) groups excluding carboxylic acids is 2. The van der Waals surface area contributed by atoms with Crippen LogP contribution in [-0.4, -0.2) is 30.6 Å². The molecule has 0 saturated carbocycles. The number of nitrogens with one attached hydrogen (secondary N) is 2. The number of aryl methyl sites for hydroxylation is 1. The first-order valence-electron chi connectivity index (χ1n) is 7.53. The third-order valence-corrected chi connectivity index (χ3v) is 4.85. The van der Waals surface area contributed by atoms with Gasteiger partial charge >= 0.3 is 5.97 Å². The highest BCUT2D eigenvalue weighted by molar-refractivity contribution is 7.16. The molecule has 0 saturated heterocycles. The summed E-state index contributed by atoms with van der Waals surface area (Å²) in [4.78, 5) is 25.2. The van der Waals surface area contributed by atoms with Crippen LogP contribution in [0, 0.1) is 13.8 Å². The number of amides is 1. The molecule has 1 amide bonds. The van der Waals surface area contributed by atoms with Crippen LogP contribution in [0.3, 0.4) is 0 Å². The summed E-state index contributed by atoms with van der Waals surface area (Å²) in [6, 6.07) is 0. The number of thiophene rings is 1. The van der Waals surface area contributed by atoms with Crippen LogP contribution in [-0.2, 0) is 9.53 Å². The van der Waals surface area contributed by atoms with E-state index >= 15 is 0 Å². The van der Waals surface area contributed by atoms with Gasteiger partial charge < -0.3 is 15.4 Å². The zero-order valence-corrected chi connectivity index (χ0v) is 15.1. The number of rotatable bonds is 7. The summed E-state index contributed by atoms with van der Waals surface area (Å²) in [6.45, 7) is 12.2. The number of hydrogen-bond acceptors (Lipinski definition) is 5. The van der Waals surface area contributed by atoms with Gasteiger partial charge in [0.1, 0.15) is 5.00 Å². The van der Waals surface area contributed by atoms with Crippen molar-refractivity contribution in [1.29, 1.82) is 0 Å². The second kappa shape index (κ2) is 7.74. The van der Waals surface area contributed by atoms with Gasteiger partial charge in [0.15, 0.2) is 0 Å². The molecule has 0 unspecified atom stereocenters. The Balaban J connectivity index is 2.83. The first-order chi connectivity index (χ1) is 10.2. The number of hydrogen-bond donors (Lipinski definition) is 2. The fraction of sp³-hybridized carbons (Fsp3) is 0.625. The van der Waals surface area contributed by atoms with E-state index in [1.54, 1.807) is 6.92 Å². The lowest BCUT2D eigenvalue weighted by molar-refractivity contribution is -0.115. The highest BCUT2D eigenvalue weighted by Crippen LogP contribution is 2.32. The van der Waals surface area contributed by atoms with E-state index in [-0.39, 0.29) is 24.0 Å². The molecule has 1 heterocycles. The predicted octanol–water partition coefficient (Wildman–Crippen LogP) is 3.26. The Bertz CT molecular complexity index is 550. The number of anilines is 1. The lowest BCUT2D eigenvalue weighted by Gasteiger charge is -2.24. The highest BCUT2D eigenvalue weighted by Gasteiger charge is 2.22. The SMILES string of the molecule is CCOC(=O)c1c(NC(=O)CNC(C)(C)CC)sc(C)c1C. The Hall–Kier alpha value is -1.40. The molecule has 6 heteroatoms. The lowest BCUT2D eigenvalue weighted by atomic mass is 10.0. The van der Waals surface area contributed by atoms with Crippen LogP contribution in [0.25, 0.3) is 0 Å². The molecule has 0 radical (unpaired) electrons. The van der Waals surface area contributed by atoms with Gasteiger partial charge in [-0.1, -0.05) is 6.92 Å². The highest BCUT2D eigenvalue weighted by atomic mass is 32.1. The van der Waals surface area contributed by atoms with Crippen molar-refractivity contribution in [3.63, 3.8) is 0 Å². The molecular weight excluding hydrogens is 300 g/mol. The minimum absolute atomic E-state index is 0.0946. The average Bonchev–Trinajstić information content (AvgIpc) is 2.72. The van der Waals surface area contributed by atoms with E-state index in [0.29, 0.717) is 17.2 Å². The van der Waals surface area contributed by atoms with Gasteiger partial charge in [-0.05, 0) is 46.6 Å². The van der Waals surface area contributed by atoms with Gasteiger partial charge in [0.2, 0.25) is 5.91 Å². The van der Waals surface area contributed by atoms with Gasteiger partial charge in [0.05, 0.1) is 18.7 Å². The second-order valence-corrected chi connectivity index (χ2v) is 7.07. The molecule has 0 aromatic carbocycles. The van der Waals surface area contributed by atoms with Crippen LogP contribution in [0.15, 0.2) is 0 Å². The summed E-state index contributed by atoms with van der Waals surface area (Å²) in [7, 11) is 0. The summed E-state index contributed by atoms with van der Waals surface area (Å²) < 4.78 is 5.08. The number of ether oxygens (including phenoxy) is 1. The molecule has 124 valence electrons. The topological polar surface area (TPSA) is 67.4 Å². The zero-order valence-electron chi connectivity index (χ0n) is 14.3. The third-order valence-electron chi connectivity index (χ3n) is 3.73. The van der Waals surface area contributed by atoms with E-state index < -0.39 is 0 Å². The molecule has 2 N–H and O–H groups in total. The minimum atomic E-state index is -0.388. The fourth-order valence-electron chi connectivity index (χ4n) is 1.78. The normalized spacial score (nSPS) is 11.4. The second-order valence-electron chi connectivity index (χ2n) is 5.85. The van der Waals surface area contributed by atoms with E-state index in [1.165, 1.54) is 11.3 Å². The van der Waals surface area contributed by atoms with Crippen molar-refractivity contribution in [3.05, 3.63) is 16.0 Å². The van der Waals surface area contributed by atoms with Crippen LogP contribution < -0.4 is 10.6 Å². The van der Waals surface area contributed by atoms with E-state index in [1.807, 2.05) is 27.7 Å². The van der Waals surface area contributed by atoms with Crippen LogP contribution in [0.2, 0.25) is 0 Å². The maximum atomic E-state index is 12.1. The van der Waals surface area contributed by atoms with Gasteiger partial charge in [-0.15, -0.1) is 11.3 Å². The quantitative estimate of drug-likeness (QED) is 0.755. The molecule has 0 aliphatic heterocycles. The third kappa shape index (κ3) is 4.81. The minimum Gasteiger partial charge on any atom is -0.462 e. The summed E-state index contributed by atoms with van der Waals surface area (Å²) in [5, 5.41) is 6.59. The van der Waals surface area contributed by atoms with Gasteiger partial charge in [-0.25, -0.2) is 4.79 Å². The lowest BCUT2D eigenvalue weighted by Crippen LogP contribution is -2.43. The van der Waals surface area contributed by atoms with Crippen LogP contribution in [0.4, 0.5) is 5.00 Å². The molecule has 5 nitrogen and oxygen atoms in total. The zero-order chi connectivity index (χ0) is 16.9. The Morgan fingerprint density at radius 1 is 1.23 bits per heavy atom. The molecule has 22 heavy (non-hydrogen) atoms. The van der Waals surface area contributed by atoms with Gasteiger partial charge in [-0.3, -0.25) is 4.79 Å². The number of carbonyl (C=O) groups is 2. The standard InChI is InChI=1S/C16H26N2O3S/c1-7-16(5,6)17-9-12(19)18-14-13(15(20)21-8-2)10(3)11(4)22-14/h17H,7-9H2,1-6H3,(H,18,19). The molecule has 0 fully saturated rings. The maximum absolute atomic E-state index is 12.1. The van der Waals surface area contributed by atoms with Crippen LogP contribution >= 0.6 is 11.3 Å². The Labute approximate surface area is 136 Å². The fourth-order valence-corrected chi connectivity index (χ4v) is 2.84. The van der Waals surface area contributed by atoms with Gasteiger partial charge in [0.25, 0.3) is 0 Å². The van der Waals surface area contributed by atoms with Gasteiger partial charge in [-0.2, -0.15) is 0 Å². The van der Waals surface area contributed by atoms with Crippen molar-refractivity contribution in [2.45, 2.75) is 53.5 Å². The van der Waals surface area contributed by atoms with E-state index in [0.717, 1.165) is 16.9 Å². The average molecular weight is 326 g/mol. The van der Waals surface area contributed by atoms with Crippen molar-refractivity contribution in [1.82, 2.24) is 5.32 Å². The molecule has 1 rings (SSSR count). The summed E-state index contributed by atoms with van der Waals surface area (Å²) >= 11 is 1.40. The predicted molar refractivity (Wildman–Crippen MR) is 90.8 cm³/mol. The maximum Gasteiger partial charge on any atom is 0.341 e. The molecule has 1 aromatic rings. The van der Waals surface area contributed by atoms with E-state index in [4.69, 9.17) is 4.74 Å². The van der Waals surface area contributed by atoms with Crippen LogP contribution in [0.1, 0.15) is 54.9 Å².